The summed E-state index contributed by atoms with van der Waals surface area (Å²) in [6.07, 6.45) is 0. The molecular formula is C19H25NO. The highest BCUT2D eigenvalue weighted by Gasteiger charge is 2.14. The van der Waals surface area contributed by atoms with Crippen LogP contribution in [0.25, 0.3) is 0 Å². The lowest BCUT2D eigenvalue weighted by Gasteiger charge is -2.20. The van der Waals surface area contributed by atoms with Crippen molar-refractivity contribution in [3.63, 3.8) is 0 Å². The Labute approximate surface area is 128 Å². The molecule has 0 aliphatic carbocycles. The molecule has 2 heteroatoms. The molecule has 0 aliphatic rings. The van der Waals surface area contributed by atoms with Gasteiger partial charge in [0, 0.05) is 6.54 Å². The van der Waals surface area contributed by atoms with Crippen molar-refractivity contribution in [3.8, 4) is 11.5 Å². The van der Waals surface area contributed by atoms with Gasteiger partial charge in [-0.05, 0) is 54.3 Å². The van der Waals surface area contributed by atoms with Crippen molar-refractivity contribution in [3.05, 3.63) is 59.2 Å². The maximum Gasteiger partial charge on any atom is 0.130 e. The van der Waals surface area contributed by atoms with E-state index in [1.165, 1.54) is 16.7 Å². The zero-order valence-electron chi connectivity index (χ0n) is 13.7. The second kappa shape index (κ2) is 6.31. The van der Waals surface area contributed by atoms with Crippen LogP contribution in [0.2, 0.25) is 0 Å². The summed E-state index contributed by atoms with van der Waals surface area (Å²) in [5.74, 6) is 1.80. The van der Waals surface area contributed by atoms with Gasteiger partial charge in [-0.15, -0.1) is 0 Å². The fraction of sp³-hybridized carbons (Fsp3) is 0.368. The number of ether oxygens (including phenoxy) is 1. The largest absolute Gasteiger partial charge is 0.457 e. The zero-order valence-corrected chi connectivity index (χ0v) is 13.7. The highest BCUT2D eigenvalue weighted by atomic mass is 16.5. The lowest BCUT2D eigenvalue weighted by Crippen LogP contribution is -2.11. The van der Waals surface area contributed by atoms with E-state index in [-0.39, 0.29) is 5.41 Å². The molecule has 2 nitrogen and oxygen atoms in total. The molecule has 0 heterocycles. The lowest BCUT2D eigenvalue weighted by molar-refractivity contribution is 0.477. The van der Waals surface area contributed by atoms with Gasteiger partial charge in [0.25, 0.3) is 0 Å². The molecule has 2 aromatic rings. The smallest absolute Gasteiger partial charge is 0.130 e. The monoisotopic (exact) mass is 283 g/mol. The average molecular weight is 283 g/mol. The summed E-state index contributed by atoms with van der Waals surface area (Å²) in [5, 5.41) is 3.14. The first-order valence-electron chi connectivity index (χ1n) is 7.42. The summed E-state index contributed by atoms with van der Waals surface area (Å²) in [6, 6.07) is 14.6. The molecule has 0 atom stereocenters. The number of hydrogen-bond donors (Lipinski definition) is 1. The summed E-state index contributed by atoms with van der Waals surface area (Å²) < 4.78 is 5.99. The van der Waals surface area contributed by atoms with E-state index in [1.54, 1.807) is 0 Å². The summed E-state index contributed by atoms with van der Waals surface area (Å²) in [4.78, 5) is 0. The molecule has 0 spiro atoms. The average Bonchev–Trinajstić information content (AvgIpc) is 2.42. The predicted molar refractivity (Wildman–Crippen MR) is 89.2 cm³/mol. The number of hydrogen-bond acceptors (Lipinski definition) is 2. The molecule has 0 saturated heterocycles. The summed E-state index contributed by atoms with van der Waals surface area (Å²) in [5.41, 5.74) is 3.92. The topological polar surface area (TPSA) is 21.3 Å². The Balaban J connectivity index is 2.16. The molecular weight excluding hydrogens is 258 g/mol. The van der Waals surface area contributed by atoms with Crippen molar-refractivity contribution in [2.24, 2.45) is 0 Å². The molecule has 0 amide bonds. The number of rotatable bonds is 4. The van der Waals surface area contributed by atoms with Gasteiger partial charge in [0.1, 0.15) is 11.5 Å². The molecule has 0 unspecified atom stereocenters. The standard InChI is InChI=1S/C19H25NO/c1-14-12-16(19(2,3)4)8-11-18(14)21-17-9-6-15(7-10-17)13-20-5/h6-12,20H,13H2,1-5H3. The second-order valence-corrected chi connectivity index (χ2v) is 6.51. The maximum atomic E-state index is 5.99. The molecule has 112 valence electrons. The van der Waals surface area contributed by atoms with Crippen molar-refractivity contribution >= 4 is 0 Å². The van der Waals surface area contributed by atoms with Gasteiger partial charge in [0.05, 0.1) is 0 Å². The fourth-order valence-corrected chi connectivity index (χ4v) is 2.24. The Morgan fingerprint density at radius 3 is 2.19 bits per heavy atom. The van der Waals surface area contributed by atoms with Crippen LogP contribution in [0.5, 0.6) is 11.5 Å². The van der Waals surface area contributed by atoms with Gasteiger partial charge in [-0.25, -0.2) is 0 Å². The van der Waals surface area contributed by atoms with Crippen LogP contribution < -0.4 is 10.1 Å². The van der Waals surface area contributed by atoms with Crippen molar-refractivity contribution in [2.75, 3.05) is 7.05 Å². The molecule has 0 bridgehead atoms. The Bertz CT molecular complexity index is 594. The number of aryl methyl sites for hydroxylation is 1. The van der Waals surface area contributed by atoms with E-state index in [0.717, 1.165) is 18.0 Å². The van der Waals surface area contributed by atoms with Crippen LogP contribution in [0.4, 0.5) is 0 Å². The van der Waals surface area contributed by atoms with Gasteiger partial charge in [-0.1, -0.05) is 45.0 Å². The first-order chi connectivity index (χ1) is 9.90. The Kier molecular flexibility index (Phi) is 4.69. The summed E-state index contributed by atoms with van der Waals surface area (Å²) in [7, 11) is 1.95. The van der Waals surface area contributed by atoms with E-state index < -0.39 is 0 Å². The molecule has 0 aromatic heterocycles. The summed E-state index contributed by atoms with van der Waals surface area (Å²) in [6.45, 7) is 9.65. The van der Waals surface area contributed by atoms with Crippen LogP contribution >= 0.6 is 0 Å². The molecule has 0 radical (unpaired) electrons. The van der Waals surface area contributed by atoms with Crippen LogP contribution in [0, 0.1) is 6.92 Å². The Morgan fingerprint density at radius 1 is 1.00 bits per heavy atom. The molecule has 2 aromatic carbocycles. The van der Waals surface area contributed by atoms with Crippen molar-refractivity contribution in [1.29, 1.82) is 0 Å². The number of benzene rings is 2. The first kappa shape index (κ1) is 15.6. The van der Waals surface area contributed by atoms with Gasteiger partial charge in [0.15, 0.2) is 0 Å². The third-order valence-electron chi connectivity index (χ3n) is 3.57. The highest BCUT2D eigenvalue weighted by molar-refractivity contribution is 5.41. The highest BCUT2D eigenvalue weighted by Crippen LogP contribution is 2.30. The van der Waals surface area contributed by atoms with Gasteiger partial charge >= 0.3 is 0 Å². The normalized spacial score (nSPS) is 11.5. The van der Waals surface area contributed by atoms with E-state index in [4.69, 9.17) is 4.74 Å². The minimum absolute atomic E-state index is 0.165. The third kappa shape index (κ3) is 4.08. The molecule has 21 heavy (non-hydrogen) atoms. The summed E-state index contributed by atoms with van der Waals surface area (Å²) >= 11 is 0. The van der Waals surface area contributed by atoms with E-state index in [9.17, 15) is 0 Å². The van der Waals surface area contributed by atoms with E-state index >= 15 is 0 Å². The SMILES string of the molecule is CNCc1ccc(Oc2ccc(C(C)(C)C)cc2C)cc1. The van der Waals surface area contributed by atoms with E-state index in [2.05, 4.69) is 63.3 Å². The van der Waals surface area contributed by atoms with E-state index in [0.29, 0.717) is 0 Å². The third-order valence-corrected chi connectivity index (χ3v) is 3.57. The minimum Gasteiger partial charge on any atom is -0.457 e. The van der Waals surface area contributed by atoms with Crippen LogP contribution in [-0.2, 0) is 12.0 Å². The van der Waals surface area contributed by atoms with Gasteiger partial charge in [-0.3, -0.25) is 0 Å². The van der Waals surface area contributed by atoms with Crippen LogP contribution in [0.15, 0.2) is 42.5 Å². The molecule has 0 saturated carbocycles. The van der Waals surface area contributed by atoms with Crippen LogP contribution in [0.1, 0.15) is 37.5 Å². The quantitative estimate of drug-likeness (QED) is 0.870. The fourth-order valence-electron chi connectivity index (χ4n) is 2.24. The van der Waals surface area contributed by atoms with Crippen molar-refractivity contribution in [2.45, 2.75) is 39.7 Å². The first-order valence-corrected chi connectivity index (χ1v) is 7.42. The number of nitrogens with one attached hydrogen (secondary N) is 1. The van der Waals surface area contributed by atoms with Crippen LogP contribution in [0.3, 0.4) is 0 Å². The second-order valence-electron chi connectivity index (χ2n) is 6.51. The van der Waals surface area contributed by atoms with Crippen LogP contribution in [-0.4, -0.2) is 7.05 Å². The van der Waals surface area contributed by atoms with Gasteiger partial charge < -0.3 is 10.1 Å². The van der Waals surface area contributed by atoms with Crippen molar-refractivity contribution < 1.29 is 4.74 Å². The predicted octanol–water partition coefficient (Wildman–Crippen LogP) is 4.80. The Hall–Kier alpha value is -1.80. The molecule has 1 N–H and O–H groups in total. The minimum atomic E-state index is 0.165. The molecule has 0 aliphatic heterocycles. The Morgan fingerprint density at radius 2 is 1.67 bits per heavy atom. The molecule has 0 fully saturated rings. The van der Waals surface area contributed by atoms with Crippen molar-refractivity contribution in [1.82, 2.24) is 5.32 Å². The van der Waals surface area contributed by atoms with Gasteiger partial charge in [-0.2, -0.15) is 0 Å². The molecule has 2 rings (SSSR count). The van der Waals surface area contributed by atoms with Gasteiger partial charge in [0.2, 0.25) is 0 Å². The van der Waals surface area contributed by atoms with E-state index in [1.807, 2.05) is 19.2 Å². The lowest BCUT2D eigenvalue weighted by atomic mass is 9.86. The zero-order chi connectivity index (χ0) is 15.5. The maximum absolute atomic E-state index is 5.99.